The Labute approximate surface area is 183 Å². The largest absolute Gasteiger partial charge is 0.326 e. The van der Waals surface area contributed by atoms with Crippen molar-refractivity contribution in [3.8, 4) is 11.3 Å². The minimum atomic E-state index is -0.456. The number of aryl methyl sites for hydroxylation is 1. The number of nitrogens with one attached hydrogen (secondary N) is 3. The van der Waals surface area contributed by atoms with Crippen LogP contribution in [0.15, 0.2) is 58.5 Å². The van der Waals surface area contributed by atoms with Gasteiger partial charge in [-0.05, 0) is 37.1 Å². The van der Waals surface area contributed by atoms with Gasteiger partial charge >= 0.3 is 0 Å². The molecule has 0 spiro atoms. The number of thioether (sulfide) groups is 1. The van der Waals surface area contributed by atoms with E-state index in [1.165, 1.54) is 6.92 Å². The van der Waals surface area contributed by atoms with Crippen LogP contribution in [0, 0.1) is 6.92 Å². The molecule has 0 unspecified atom stereocenters. The summed E-state index contributed by atoms with van der Waals surface area (Å²) >= 11 is 1.14. The summed E-state index contributed by atoms with van der Waals surface area (Å²) in [4.78, 5) is 39.4. The van der Waals surface area contributed by atoms with E-state index in [1.807, 2.05) is 38.1 Å². The Bertz CT molecular complexity index is 1160. The SMILES string of the molecule is CC[C@@H](Sc1nnc(-c2ccccc2NC(C)=O)c(=O)[nH]1)C(=O)Nc1cccc(C)c1. The Morgan fingerprint density at radius 1 is 1.10 bits per heavy atom. The summed E-state index contributed by atoms with van der Waals surface area (Å²) in [5.74, 6) is -0.435. The molecule has 31 heavy (non-hydrogen) atoms. The van der Waals surface area contributed by atoms with Crippen LogP contribution in [-0.4, -0.2) is 32.2 Å². The molecule has 0 fully saturated rings. The second kappa shape index (κ2) is 10.0. The lowest BCUT2D eigenvalue weighted by Crippen LogP contribution is -2.25. The Kier molecular flexibility index (Phi) is 7.19. The number of aromatic nitrogens is 3. The first-order valence-corrected chi connectivity index (χ1v) is 10.6. The first-order chi connectivity index (χ1) is 14.9. The normalized spacial score (nSPS) is 11.6. The number of carbonyl (C=O) groups excluding carboxylic acids is 2. The van der Waals surface area contributed by atoms with E-state index in [9.17, 15) is 14.4 Å². The fourth-order valence-corrected chi connectivity index (χ4v) is 3.78. The molecule has 3 N–H and O–H groups in total. The van der Waals surface area contributed by atoms with Crippen molar-refractivity contribution in [2.45, 2.75) is 37.6 Å². The van der Waals surface area contributed by atoms with Gasteiger partial charge in [0.05, 0.1) is 10.9 Å². The molecule has 0 aliphatic rings. The first-order valence-electron chi connectivity index (χ1n) is 9.75. The molecule has 1 aromatic heterocycles. The van der Waals surface area contributed by atoms with Crippen LogP contribution in [0.1, 0.15) is 25.8 Å². The third-order valence-corrected chi connectivity index (χ3v) is 5.61. The number of para-hydroxylation sites is 1. The van der Waals surface area contributed by atoms with Crippen molar-refractivity contribution in [3.63, 3.8) is 0 Å². The zero-order valence-corrected chi connectivity index (χ0v) is 18.2. The number of anilines is 2. The van der Waals surface area contributed by atoms with E-state index in [0.717, 1.165) is 17.3 Å². The summed E-state index contributed by atoms with van der Waals surface area (Å²) in [7, 11) is 0. The van der Waals surface area contributed by atoms with Crippen molar-refractivity contribution < 1.29 is 9.59 Å². The second-order valence-electron chi connectivity index (χ2n) is 6.91. The van der Waals surface area contributed by atoms with Gasteiger partial charge in [0, 0.05) is 18.2 Å². The van der Waals surface area contributed by atoms with Crippen molar-refractivity contribution in [1.29, 1.82) is 0 Å². The number of hydrogen-bond donors (Lipinski definition) is 3. The molecule has 3 aromatic rings. The highest BCUT2D eigenvalue weighted by Gasteiger charge is 2.21. The van der Waals surface area contributed by atoms with E-state index in [0.29, 0.717) is 23.4 Å². The fraction of sp³-hybridized carbons (Fsp3) is 0.227. The zero-order chi connectivity index (χ0) is 22.4. The number of amides is 2. The highest BCUT2D eigenvalue weighted by Crippen LogP contribution is 2.26. The summed E-state index contributed by atoms with van der Waals surface area (Å²) in [6.45, 7) is 5.23. The number of nitrogens with zero attached hydrogens (tertiary/aromatic N) is 2. The molecule has 0 aliphatic heterocycles. The number of hydrogen-bond acceptors (Lipinski definition) is 6. The molecular formula is C22H23N5O3S. The van der Waals surface area contributed by atoms with Crippen molar-refractivity contribution in [2.75, 3.05) is 10.6 Å². The van der Waals surface area contributed by atoms with Crippen LogP contribution >= 0.6 is 11.8 Å². The molecule has 1 heterocycles. The molecule has 0 radical (unpaired) electrons. The Hall–Kier alpha value is -3.46. The predicted octanol–water partition coefficient (Wildman–Crippen LogP) is 3.61. The van der Waals surface area contributed by atoms with Crippen LogP contribution in [0.5, 0.6) is 0 Å². The van der Waals surface area contributed by atoms with Gasteiger partial charge < -0.3 is 10.6 Å². The fourth-order valence-electron chi connectivity index (χ4n) is 2.94. The molecule has 1 atom stereocenters. The highest BCUT2D eigenvalue weighted by atomic mass is 32.2. The molecular weight excluding hydrogens is 414 g/mol. The van der Waals surface area contributed by atoms with Crippen LogP contribution in [-0.2, 0) is 9.59 Å². The summed E-state index contributed by atoms with van der Waals surface area (Å²) in [6, 6.07) is 14.4. The van der Waals surface area contributed by atoms with E-state index in [1.54, 1.807) is 24.3 Å². The van der Waals surface area contributed by atoms with Gasteiger partial charge in [-0.15, -0.1) is 10.2 Å². The summed E-state index contributed by atoms with van der Waals surface area (Å²) < 4.78 is 0. The van der Waals surface area contributed by atoms with Crippen LogP contribution in [0.4, 0.5) is 11.4 Å². The van der Waals surface area contributed by atoms with Crippen molar-refractivity contribution in [2.24, 2.45) is 0 Å². The zero-order valence-electron chi connectivity index (χ0n) is 17.4. The minimum absolute atomic E-state index is 0.0889. The average Bonchev–Trinajstić information content (AvgIpc) is 2.72. The lowest BCUT2D eigenvalue weighted by molar-refractivity contribution is -0.116. The van der Waals surface area contributed by atoms with Gasteiger partial charge in [-0.1, -0.05) is 49.0 Å². The Morgan fingerprint density at radius 3 is 2.55 bits per heavy atom. The number of rotatable bonds is 7. The number of H-pyrrole nitrogens is 1. The quantitative estimate of drug-likeness (QED) is 0.486. The molecule has 2 aromatic carbocycles. The predicted molar refractivity (Wildman–Crippen MR) is 122 cm³/mol. The third kappa shape index (κ3) is 5.79. The average molecular weight is 438 g/mol. The third-order valence-electron chi connectivity index (χ3n) is 4.37. The minimum Gasteiger partial charge on any atom is -0.326 e. The van der Waals surface area contributed by atoms with E-state index in [2.05, 4.69) is 25.8 Å². The maximum atomic E-state index is 12.7. The number of aromatic amines is 1. The number of carbonyl (C=O) groups is 2. The van der Waals surface area contributed by atoms with Crippen LogP contribution in [0.3, 0.4) is 0 Å². The molecule has 2 amide bonds. The van der Waals surface area contributed by atoms with Crippen LogP contribution in [0.25, 0.3) is 11.3 Å². The maximum absolute atomic E-state index is 12.7. The van der Waals surface area contributed by atoms with Gasteiger partial charge in [0.1, 0.15) is 0 Å². The van der Waals surface area contributed by atoms with Gasteiger partial charge in [-0.3, -0.25) is 19.4 Å². The lowest BCUT2D eigenvalue weighted by Gasteiger charge is -2.14. The summed E-state index contributed by atoms with van der Waals surface area (Å²) in [5.41, 5.74) is 2.33. The van der Waals surface area contributed by atoms with Gasteiger partial charge in [-0.2, -0.15) is 0 Å². The van der Waals surface area contributed by atoms with Crippen molar-refractivity contribution in [1.82, 2.24) is 15.2 Å². The number of benzene rings is 2. The van der Waals surface area contributed by atoms with Gasteiger partial charge in [-0.25, -0.2) is 0 Å². The maximum Gasteiger partial charge on any atom is 0.278 e. The van der Waals surface area contributed by atoms with Crippen LogP contribution in [0.2, 0.25) is 0 Å². The first kappa shape index (κ1) is 22.2. The highest BCUT2D eigenvalue weighted by molar-refractivity contribution is 8.00. The monoisotopic (exact) mass is 437 g/mol. The summed E-state index contributed by atoms with van der Waals surface area (Å²) in [6.07, 6.45) is 0.541. The topological polar surface area (TPSA) is 117 Å². The van der Waals surface area contributed by atoms with Crippen LogP contribution < -0.4 is 16.2 Å². The smallest absolute Gasteiger partial charge is 0.278 e. The van der Waals surface area contributed by atoms with Crippen molar-refractivity contribution >= 4 is 35.0 Å². The van der Waals surface area contributed by atoms with Gasteiger partial charge in [0.2, 0.25) is 11.8 Å². The van der Waals surface area contributed by atoms with E-state index in [-0.39, 0.29) is 22.7 Å². The summed E-state index contributed by atoms with van der Waals surface area (Å²) in [5, 5.41) is 13.5. The van der Waals surface area contributed by atoms with Crippen molar-refractivity contribution in [3.05, 3.63) is 64.4 Å². The van der Waals surface area contributed by atoms with E-state index >= 15 is 0 Å². The Balaban J connectivity index is 1.79. The molecule has 0 bridgehead atoms. The second-order valence-corrected chi connectivity index (χ2v) is 8.10. The van der Waals surface area contributed by atoms with E-state index < -0.39 is 10.8 Å². The lowest BCUT2D eigenvalue weighted by atomic mass is 10.1. The molecule has 0 aliphatic carbocycles. The standard InChI is InChI=1S/C22H23N5O3S/c1-4-18(20(29)24-15-9-7-8-13(2)12-15)31-22-25-21(30)19(26-27-22)16-10-5-6-11-17(16)23-14(3)28/h5-12,18H,4H2,1-3H3,(H,23,28)(H,24,29)(H,25,27,30)/t18-/m1/s1. The van der Waals surface area contributed by atoms with E-state index in [4.69, 9.17) is 0 Å². The molecule has 8 nitrogen and oxygen atoms in total. The molecule has 160 valence electrons. The Morgan fingerprint density at radius 2 is 1.87 bits per heavy atom. The molecule has 0 saturated heterocycles. The van der Waals surface area contributed by atoms with Gasteiger partial charge in [0.15, 0.2) is 10.9 Å². The molecule has 0 saturated carbocycles. The molecule has 3 rings (SSSR count). The van der Waals surface area contributed by atoms with Gasteiger partial charge in [0.25, 0.3) is 5.56 Å². The molecule has 9 heteroatoms.